The molecule has 2 heterocycles. The van der Waals surface area contributed by atoms with Crippen LogP contribution in [0.2, 0.25) is 5.02 Å². The molecule has 0 N–H and O–H groups in total. The first-order valence-corrected chi connectivity index (χ1v) is 9.25. The van der Waals surface area contributed by atoms with Gasteiger partial charge in [0.1, 0.15) is 16.4 Å². The number of aromatic nitrogens is 1. The van der Waals surface area contributed by atoms with Crippen LogP contribution in [0, 0.1) is 6.92 Å². The van der Waals surface area contributed by atoms with Crippen molar-refractivity contribution in [3.63, 3.8) is 0 Å². The number of rotatable bonds is 4. The molecule has 7 nitrogen and oxygen atoms in total. The number of piperazine rings is 1. The molecular weight excluding hydrogens is 354 g/mol. The van der Waals surface area contributed by atoms with Gasteiger partial charge in [0, 0.05) is 37.3 Å². The van der Waals surface area contributed by atoms with Crippen LogP contribution < -0.4 is 9.64 Å². The fraction of sp³-hybridized carbons (Fsp3) is 0.400. The highest BCUT2D eigenvalue weighted by Crippen LogP contribution is 2.30. The van der Waals surface area contributed by atoms with Crippen LogP contribution in [0.25, 0.3) is 0 Å². The van der Waals surface area contributed by atoms with Crippen molar-refractivity contribution < 1.29 is 17.7 Å². The van der Waals surface area contributed by atoms with Crippen molar-refractivity contribution in [3.8, 4) is 5.75 Å². The molecule has 0 unspecified atom stereocenters. The summed E-state index contributed by atoms with van der Waals surface area (Å²) in [7, 11) is -2.24. The first-order chi connectivity index (χ1) is 11.4. The van der Waals surface area contributed by atoms with Crippen LogP contribution in [-0.4, -0.2) is 51.2 Å². The third kappa shape index (κ3) is 3.22. The van der Waals surface area contributed by atoms with E-state index in [2.05, 4.69) is 5.16 Å². The van der Waals surface area contributed by atoms with Crippen molar-refractivity contribution >= 4 is 27.4 Å². The summed E-state index contributed by atoms with van der Waals surface area (Å²) >= 11 is 5.96. The second-order valence-electron chi connectivity index (χ2n) is 5.48. The molecule has 0 aliphatic carbocycles. The first kappa shape index (κ1) is 17.1. The molecule has 2 aromatic rings. The smallest absolute Gasteiger partial charge is 0.246 e. The summed E-state index contributed by atoms with van der Waals surface area (Å²) in [6, 6.07) is 6.42. The van der Waals surface area contributed by atoms with Gasteiger partial charge in [-0.3, -0.25) is 0 Å². The molecule has 3 rings (SSSR count). The van der Waals surface area contributed by atoms with E-state index in [0.717, 1.165) is 11.6 Å². The van der Waals surface area contributed by atoms with Crippen molar-refractivity contribution in [1.29, 1.82) is 0 Å². The van der Waals surface area contributed by atoms with Crippen LogP contribution in [0.3, 0.4) is 0 Å². The van der Waals surface area contributed by atoms with E-state index in [0.29, 0.717) is 31.2 Å². The van der Waals surface area contributed by atoms with Gasteiger partial charge in [-0.15, -0.1) is 0 Å². The summed E-state index contributed by atoms with van der Waals surface area (Å²) in [4.78, 5) is 2.08. The minimum absolute atomic E-state index is 0.0863. The number of hydrogen-bond donors (Lipinski definition) is 0. The molecule has 0 atom stereocenters. The highest BCUT2D eigenvalue weighted by Gasteiger charge is 2.31. The number of ether oxygens (including phenoxy) is 1. The Bertz CT molecular complexity index is 829. The van der Waals surface area contributed by atoms with E-state index < -0.39 is 10.0 Å². The summed E-state index contributed by atoms with van der Waals surface area (Å²) < 4.78 is 37.5. The van der Waals surface area contributed by atoms with Gasteiger partial charge in [-0.1, -0.05) is 16.8 Å². The zero-order valence-corrected chi connectivity index (χ0v) is 15.0. The number of benzene rings is 1. The molecule has 1 aliphatic heterocycles. The molecule has 1 aromatic carbocycles. The lowest BCUT2D eigenvalue weighted by atomic mass is 10.3. The average molecular weight is 372 g/mol. The van der Waals surface area contributed by atoms with Crippen molar-refractivity contribution in [2.45, 2.75) is 11.8 Å². The fourth-order valence-electron chi connectivity index (χ4n) is 2.65. The maximum absolute atomic E-state index is 12.9. The van der Waals surface area contributed by atoms with E-state index in [1.165, 1.54) is 17.5 Å². The molecule has 130 valence electrons. The standard InChI is InChI=1S/C15H18ClN3O4S/c1-11-9-15(17-23-11)18-5-7-19(8-6-18)24(20,21)14-10-12(16)3-4-13(14)22-2/h3-4,9-10H,5-8H2,1-2H3. The lowest BCUT2D eigenvalue weighted by Crippen LogP contribution is -2.48. The van der Waals surface area contributed by atoms with Gasteiger partial charge in [0.15, 0.2) is 5.82 Å². The topological polar surface area (TPSA) is 75.9 Å². The molecule has 1 aromatic heterocycles. The molecule has 1 saturated heterocycles. The molecule has 1 fully saturated rings. The van der Waals surface area contributed by atoms with Crippen molar-refractivity contribution in [3.05, 3.63) is 35.0 Å². The maximum atomic E-state index is 12.9. The van der Waals surface area contributed by atoms with Crippen LogP contribution in [0.15, 0.2) is 33.7 Å². The van der Waals surface area contributed by atoms with Crippen molar-refractivity contribution in [2.24, 2.45) is 0 Å². The Morgan fingerprint density at radius 2 is 1.92 bits per heavy atom. The SMILES string of the molecule is COc1ccc(Cl)cc1S(=O)(=O)N1CCN(c2cc(C)on2)CC1. The van der Waals surface area contributed by atoms with Crippen LogP contribution in [0.1, 0.15) is 5.76 Å². The minimum atomic E-state index is -3.67. The Kier molecular flexibility index (Phi) is 4.71. The third-order valence-electron chi connectivity index (χ3n) is 3.92. The Morgan fingerprint density at radius 3 is 2.50 bits per heavy atom. The minimum Gasteiger partial charge on any atom is -0.495 e. The molecular formula is C15H18ClN3O4S. The van der Waals surface area contributed by atoms with Gasteiger partial charge >= 0.3 is 0 Å². The van der Waals surface area contributed by atoms with Crippen LogP contribution in [0.4, 0.5) is 5.82 Å². The van der Waals surface area contributed by atoms with Gasteiger partial charge in [-0.2, -0.15) is 4.31 Å². The summed E-state index contributed by atoms with van der Waals surface area (Å²) in [5.74, 6) is 1.74. The average Bonchev–Trinajstić information content (AvgIpc) is 3.01. The third-order valence-corrected chi connectivity index (χ3v) is 6.08. The lowest BCUT2D eigenvalue weighted by Gasteiger charge is -2.33. The van der Waals surface area contributed by atoms with E-state index in [1.807, 2.05) is 17.9 Å². The second-order valence-corrected chi connectivity index (χ2v) is 7.82. The Balaban J connectivity index is 1.79. The number of aryl methyl sites for hydroxylation is 1. The summed E-state index contributed by atoms with van der Waals surface area (Å²) in [6.07, 6.45) is 0. The molecule has 24 heavy (non-hydrogen) atoms. The highest BCUT2D eigenvalue weighted by molar-refractivity contribution is 7.89. The Morgan fingerprint density at radius 1 is 1.21 bits per heavy atom. The van der Waals surface area contributed by atoms with Crippen LogP contribution in [-0.2, 0) is 10.0 Å². The quantitative estimate of drug-likeness (QED) is 0.819. The predicted molar refractivity (Wildman–Crippen MR) is 90.2 cm³/mol. The van der Waals surface area contributed by atoms with Gasteiger partial charge in [0.05, 0.1) is 7.11 Å². The van der Waals surface area contributed by atoms with Crippen LogP contribution in [0.5, 0.6) is 5.75 Å². The number of methoxy groups -OCH3 is 1. The predicted octanol–water partition coefficient (Wildman–Crippen LogP) is 2.16. The molecule has 0 amide bonds. The van der Waals surface area contributed by atoms with E-state index >= 15 is 0 Å². The van der Waals surface area contributed by atoms with Gasteiger partial charge < -0.3 is 14.2 Å². The summed E-state index contributed by atoms with van der Waals surface area (Å²) in [6.45, 7) is 3.60. The monoisotopic (exact) mass is 371 g/mol. The molecule has 0 spiro atoms. The molecule has 0 saturated carbocycles. The largest absolute Gasteiger partial charge is 0.495 e. The number of halogens is 1. The molecule has 9 heteroatoms. The summed E-state index contributed by atoms with van der Waals surface area (Å²) in [5, 5.41) is 4.32. The lowest BCUT2D eigenvalue weighted by molar-refractivity contribution is 0.366. The fourth-order valence-corrected chi connectivity index (χ4v) is 4.49. The highest BCUT2D eigenvalue weighted by atomic mass is 35.5. The number of nitrogens with zero attached hydrogens (tertiary/aromatic N) is 3. The van der Waals surface area contributed by atoms with Crippen molar-refractivity contribution in [1.82, 2.24) is 9.46 Å². The zero-order valence-electron chi connectivity index (χ0n) is 13.4. The Labute approximate surface area is 145 Å². The maximum Gasteiger partial charge on any atom is 0.246 e. The van der Waals surface area contributed by atoms with E-state index in [4.69, 9.17) is 20.9 Å². The number of sulfonamides is 1. The van der Waals surface area contributed by atoms with Crippen LogP contribution >= 0.6 is 11.6 Å². The molecule has 1 aliphatic rings. The molecule has 0 radical (unpaired) electrons. The number of hydrogen-bond acceptors (Lipinski definition) is 6. The van der Waals surface area contributed by atoms with E-state index in [-0.39, 0.29) is 10.6 Å². The van der Waals surface area contributed by atoms with Gasteiger partial charge in [0.2, 0.25) is 10.0 Å². The van der Waals surface area contributed by atoms with E-state index in [1.54, 1.807) is 12.1 Å². The normalized spacial score (nSPS) is 16.4. The van der Waals surface area contributed by atoms with Gasteiger partial charge in [-0.25, -0.2) is 8.42 Å². The van der Waals surface area contributed by atoms with Crippen molar-refractivity contribution in [2.75, 3.05) is 38.2 Å². The first-order valence-electron chi connectivity index (χ1n) is 7.44. The van der Waals surface area contributed by atoms with Gasteiger partial charge in [0.25, 0.3) is 0 Å². The number of anilines is 1. The van der Waals surface area contributed by atoms with Gasteiger partial charge in [-0.05, 0) is 25.1 Å². The zero-order chi connectivity index (χ0) is 17.3. The van der Waals surface area contributed by atoms with E-state index in [9.17, 15) is 8.42 Å². The molecule has 0 bridgehead atoms. The summed E-state index contributed by atoms with van der Waals surface area (Å²) in [5.41, 5.74) is 0. The Hall–Kier alpha value is -1.77. The second kappa shape index (κ2) is 6.62.